The number of nitrogens with zero attached hydrogens (tertiary/aromatic N) is 3. The molecule has 0 aliphatic carbocycles. The Balaban J connectivity index is 2.45. The van der Waals surface area contributed by atoms with Gasteiger partial charge in [0, 0.05) is 24.4 Å². The highest BCUT2D eigenvalue weighted by Gasteiger charge is 2.06. The van der Waals surface area contributed by atoms with Crippen molar-refractivity contribution in [2.45, 2.75) is 12.8 Å². The average Bonchev–Trinajstić information content (AvgIpc) is 2.49. The molecule has 1 aromatic carbocycles. The minimum Gasteiger partial charge on any atom is -0.493 e. The number of azide groups is 1. The summed E-state index contributed by atoms with van der Waals surface area (Å²) in [5.41, 5.74) is 9.09. The van der Waals surface area contributed by atoms with Crippen molar-refractivity contribution in [3.8, 4) is 11.5 Å². The first-order chi connectivity index (χ1) is 9.71. The number of benzene rings is 1. The quantitative estimate of drug-likeness (QED) is 0.341. The highest BCUT2D eigenvalue weighted by atomic mass is 16.5. The van der Waals surface area contributed by atoms with Gasteiger partial charge < -0.3 is 14.8 Å². The van der Waals surface area contributed by atoms with Crippen molar-refractivity contribution in [2.24, 2.45) is 5.11 Å². The summed E-state index contributed by atoms with van der Waals surface area (Å²) in [5, 5.41) is 6.02. The molecule has 0 aromatic heterocycles. The second kappa shape index (κ2) is 8.66. The van der Waals surface area contributed by atoms with Gasteiger partial charge in [0.05, 0.1) is 14.2 Å². The number of hydrogen-bond acceptors (Lipinski definition) is 4. The van der Waals surface area contributed by atoms with Gasteiger partial charge in [0.25, 0.3) is 0 Å². The minimum absolute atomic E-state index is 0.0760. The molecule has 0 saturated heterocycles. The molecule has 0 aliphatic rings. The zero-order chi connectivity index (χ0) is 14.8. The van der Waals surface area contributed by atoms with Crippen LogP contribution in [0.15, 0.2) is 23.3 Å². The standard InChI is InChI=1S/C13H18N4O3/c1-19-11-5-3-10(9-12(11)20-2)4-6-13(18)15-7-8-16-17-14/h3,5,9H,4,6-8H2,1-2H3,(H,15,18). The third-order valence-electron chi connectivity index (χ3n) is 2.69. The van der Waals surface area contributed by atoms with Crippen LogP contribution < -0.4 is 14.8 Å². The van der Waals surface area contributed by atoms with Gasteiger partial charge in [-0.15, -0.1) is 0 Å². The first-order valence-corrected chi connectivity index (χ1v) is 6.19. The maximum absolute atomic E-state index is 11.6. The molecule has 0 aliphatic heterocycles. The Morgan fingerprint density at radius 1 is 1.35 bits per heavy atom. The van der Waals surface area contributed by atoms with Crippen molar-refractivity contribution < 1.29 is 14.3 Å². The Labute approximate surface area is 117 Å². The summed E-state index contributed by atoms with van der Waals surface area (Å²) in [6.45, 7) is 0.618. The fourth-order valence-electron chi connectivity index (χ4n) is 1.67. The van der Waals surface area contributed by atoms with Crippen molar-refractivity contribution in [2.75, 3.05) is 27.3 Å². The number of carbonyl (C=O) groups is 1. The van der Waals surface area contributed by atoms with Crippen LogP contribution in [0.3, 0.4) is 0 Å². The van der Waals surface area contributed by atoms with Gasteiger partial charge in [-0.3, -0.25) is 4.79 Å². The molecule has 0 heterocycles. The number of carbonyl (C=O) groups excluding carboxylic acids is 1. The van der Waals surface area contributed by atoms with Crippen molar-refractivity contribution in [1.29, 1.82) is 0 Å². The van der Waals surface area contributed by atoms with Crippen molar-refractivity contribution >= 4 is 5.91 Å². The lowest BCUT2D eigenvalue weighted by Crippen LogP contribution is -2.26. The second-order valence-electron chi connectivity index (χ2n) is 3.99. The molecule has 0 spiro atoms. The molecule has 1 aromatic rings. The Bertz CT molecular complexity index is 498. The molecule has 20 heavy (non-hydrogen) atoms. The average molecular weight is 278 g/mol. The largest absolute Gasteiger partial charge is 0.493 e. The van der Waals surface area contributed by atoms with E-state index in [1.54, 1.807) is 14.2 Å². The van der Waals surface area contributed by atoms with Crippen LogP contribution in [-0.2, 0) is 11.2 Å². The van der Waals surface area contributed by atoms with Gasteiger partial charge in [0.2, 0.25) is 5.91 Å². The van der Waals surface area contributed by atoms with Gasteiger partial charge in [-0.1, -0.05) is 11.2 Å². The first kappa shape index (κ1) is 15.7. The van der Waals surface area contributed by atoms with Gasteiger partial charge in [0.1, 0.15) is 0 Å². The Morgan fingerprint density at radius 3 is 2.75 bits per heavy atom. The van der Waals surface area contributed by atoms with E-state index in [-0.39, 0.29) is 12.5 Å². The van der Waals surface area contributed by atoms with E-state index in [4.69, 9.17) is 15.0 Å². The van der Waals surface area contributed by atoms with Crippen LogP contribution in [-0.4, -0.2) is 33.2 Å². The second-order valence-corrected chi connectivity index (χ2v) is 3.99. The van der Waals surface area contributed by atoms with Crippen LogP contribution in [0.2, 0.25) is 0 Å². The molecule has 0 fully saturated rings. The van der Waals surface area contributed by atoms with Crippen LogP contribution in [0.1, 0.15) is 12.0 Å². The van der Waals surface area contributed by atoms with Crippen LogP contribution in [0.25, 0.3) is 10.4 Å². The Morgan fingerprint density at radius 2 is 2.10 bits per heavy atom. The monoisotopic (exact) mass is 278 g/mol. The van der Waals surface area contributed by atoms with E-state index < -0.39 is 0 Å². The van der Waals surface area contributed by atoms with Crippen molar-refractivity contribution in [1.82, 2.24) is 5.32 Å². The lowest BCUT2D eigenvalue weighted by molar-refractivity contribution is -0.120. The zero-order valence-electron chi connectivity index (χ0n) is 11.6. The number of aryl methyl sites for hydroxylation is 1. The minimum atomic E-state index is -0.0760. The van der Waals surface area contributed by atoms with Crippen LogP contribution in [0, 0.1) is 0 Å². The first-order valence-electron chi connectivity index (χ1n) is 6.19. The van der Waals surface area contributed by atoms with Gasteiger partial charge in [-0.25, -0.2) is 0 Å². The van der Waals surface area contributed by atoms with Crippen LogP contribution in [0.4, 0.5) is 0 Å². The smallest absolute Gasteiger partial charge is 0.220 e. The maximum Gasteiger partial charge on any atom is 0.220 e. The molecular weight excluding hydrogens is 260 g/mol. The number of hydrogen-bond donors (Lipinski definition) is 1. The number of nitrogens with one attached hydrogen (secondary N) is 1. The highest BCUT2D eigenvalue weighted by molar-refractivity contribution is 5.76. The molecule has 1 N–H and O–H groups in total. The molecule has 7 nitrogen and oxygen atoms in total. The number of amides is 1. The molecule has 108 valence electrons. The Kier molecular flexibility index (Phi) is 6.78. The number of ether oxygens (including phenoxy) is 2. The fraction of sp³-hybridized carbons (Fsp3) is 0.462. The summed E-state index contributed by atoms with van der Waals surface area (Å²) in [5.74, 6) is 1.23. The van der Waals surface area contributed by atoms with Crippen LogP contribution in [0.5, 0.6) is 11.5 Å². The summed E-state index contributed by atoms with van der Waals surface area (Å²) in [4.78, 5) is 14.2. The fourth-order valence-corrected chi connectivity index (χ4v) is 1.67. The lowest BCUT2D eigenvalue weighted by atomic mass is 10.1. The number of rotatable bonds is 8. The van der Waals surface area contributed by atoms with Crippen molar-refractivity contribution in [3.05, 3.63) is 34.2 Å². The summed E-state index contributed by atoms with van der Waals surface area (Å²) >= 11 is 0. The van der Waals surface area contributed by atoms with E-state index in [0.29, 0.717) is 30.9 Å². The van der Waals surface area contributed by atoms with Crippen molar-refractivity contribution in [3.63, 3.8) is 0 Å². The molecule has 7 heteroatoms. The number of methoxy groups -OCH3 is 2. The van der Waals surface area contributed by atoms with E-state index >= 15 is 0 Å². The van der Waals surface area contributed by atoms with E-state index in [0.717, 1.165) is 5.56 Å². The predicted molar refractivity (Wildman–Crippen MR) is 74.9 cm³/mol. The van der Waals surface area contributed by atoms with E-state index in [9.17, 15) is 4.79 Å². The molecule has 0 atom stereocenters. The third kappa shape index (κ3) is 5.07. The lowest BCUT2D eigenvalue weighted by Gasteiger charge is -2.09. The molecule has 1 amide bonds. The van der Waals surface area contributed by atoms with E-state index in [2.05, 4.69) is 15.3 Å². The normalized spacial score (nSPS) is 9.50. The zero-order valence-corrected chi connectivity index (χ0v) is 11.6. The topological polar surface area (TPSA) is 96.3 Å². The SMILES string of the molecule is COc1ccc(CCC(=O)NCCN=[N+]=[N-])cc1OC. The van der Waals surface area contributed by atoms with E-state index in [1.807, 2.05) is 18.2 Å². The summed E-state index contributed by atoms with van der Waals surface area (Å²) < 4.78 is 10.4. The van der Waals surface area contributed by atoms with Crippen LogP contribution >= 0.6 is 0 Å². The van der Waals surface area contributed by atoms with E-state index in [1.165, 1.54) is 0 Å². The van der Waals surface area contributed by atoms with Gasteiger partial charge in [-0.05, 0) is 29.6 Å². The molecule has 0 radical (unpaired) electrons. The summed E-state index contributed by atoms with van der Waals surface area (Å²) in [6, 6.07) is 5.56. The third-order valence-corrected chi connectivity index (χ3v) is 2.69. The molecular formula is C13H18N4O3. The maximum atomic E-state index is 11.6. The molecule has 1 rings (SSSR count). The molecule has 0 bridgehead atoms. The summed E-state index contributed by atoms with van der Waals surface area (Å²) in [6.07, 6.45) is 0.972. The summed E-state index contributed by atoms with van der Waals surface area (Å²) in [7, 11) is 3.15. The van der Waals surface area contributed by atoms with Gasteiger partial charge in [0.15, 0.2) is 11.5 Å². The molecule has 0 unspecified atom stereocenters. The van der Waals surface area contributed by atoms with Gasteiger partial charge >= 0.3 is 0 Å². The highest BCUT2D eigenvalue weighted by Crippen LogP contribution is 2.27. The Hall–Kier alpha value is -2.40. The van der Waals surface area contributed by atoms with Gasteiger partial charge in [-0.2, -0.15) is 0 Å². The predicted octanol–water partition coefficient (Wildman–Crippen LogP) is 2.06. The molecule has 0 saturated carbocycles.